The van der Waals surface area contributed by atoms with Crippen molar-refractivity contribution in [1.82, 2.24) is 0 Å². The van der Waals surface area contributed by atoms with Crippen LogP contribution in [0.15, 0.2) is 53.4 Å². The molecule has 0 saturated heterocycles. The summed E-state index contributed by atoms with van der Waals surface area (Å²) in [7, 11) is -9.94. The molecule has 30 heavy (non-hydrogen) atoms. The molecule has 0 aliphatic carbocycles. The van der Waals surface area contributed by atoms with Crippen LogP contribution < -0.4 is 10.1 Å². The first-order valence-corrected chi connectivity index (χ1v) is 9.91. The van der Waals surface area contributed by atoms with Gasteiger partial charge in [-0.3, -0.25) is 4.79 Å². The Kier molecular flexibility index (Phi) is 5.33. The molecule has 0 bridgehead atoms. The third-order valence-corrected chi connectivity index (χ3v) is 4.87. The first-order chi connectivity index (χ1) is 13.3. The van der Waals surface area contributed by atoms with Crippen molar-refractivity contribution in [2.75, 3.05) is 11.9 Å². The first kappa shape index (κ1) is 23.7. The SMILES string of the molecule is CC(O)(COc1cccc(S(F)(F)(F)(F)F)c1)C(=O)Nc1ccc(C(F)(F)F)cc1. The van der Waals surface area contributed by atoms with Crippen molar-refractivity contribution in [3.05, 3.63) is 54.1 Å². The maximum absolute atomic E-state index is 12.8. The average molecular weight is 465 g/mol. The summed E-state index contributed by atoms with van der Waals surface area (Å²) in [5.41, 5.74) is -3.43. The molecule has 168 valence electrons. The van der Waals surface area contributed by atoms with E-state index < -0.39 is 50.7 Å². The van der Waals surface area contributed by atoms with Gasteiger partial charge in [0.15, 0.2) is 5.60 Å². The lowest BCUT2D eigenvalue weighted by Gasteiger charge is -2.40. The molecule has 0 heterocycles. The van der Waals surface area contributed by atoms with Crippen LogP contribution in [0.25, 0.3) is 0 Å². The van der Waals surface area contributed by atoms with Crippen LogP contribution in [-0.4, -0.2) is 23.2 Å². The number of hydrogen-bond donors (Lipinski definition) is 2. The second kappa shape index (κ2) is 6.74. The van der Waals surface area contributed by atoms with E-state index in [1.54, 1.807) is 0 Å². The van der Waals surface area contributed by atoms with Gasteiger partial charge in [0.1, 0.15) is 17.3 Å². The van der Waals surface area contributed by atoms with Crippen molar-refractivity contribution in [3.63, 3.8) is 0 Å². The highest BCUT2D eigenvalue weighted by atomic mass is 32.5. The lowest BCUT2D eigenvalue weighted by Crippen LogP contribution is -2.45. The summed E-state index contributed by atoms with van der Waals surface area (Å²) in [4.78, 5) is 9.90. The number of carbonyl (C=O) groups is 1. The number of nitrogens with one attached hydrogen (secondary N) is 1. The Morgan fingerprint density at radius 2 is 1.60 bits per heavy atom. The molecule has 2 aromatic rings. The molecule has 1 unspecified atom stereocenters. The molecule has 13 heteroatoms. The minimum Gasteiger partial charge on any atom is -0.490 e. The van der Waals surface area contributed by atoms with Gasteiger partial charge < -0.3 is 15.2 Å². The number of anilines is 1. The van der Waals surface area contributed by atoms with E-state index >= 15 is 0 Å². The molecule has 2 N–H and O–H groups in total. The van der Waals surface area contributed by atoms with Crippen LogP contribution in [0.2, 0.25) is 0 Å². The Hall–Kier alpha value is -2.54. The maximum atomic E-state index is 12.8. The van der Waals surface area contributed by atoms with Crippen LogP contribution in [-0.2, 0) is 11.0 Å². The van der Waals surface area contributed by atoms with E-state index in [-0.39, 0.29) is 17.8 Å². The van der Waals surface area contributed by atoms with Gasteiger partial charge in [-0.2, -0.15) is 13.2 Å². The van der Waals surface area contributed by atoms with Crippen molar-refractivity contribution in [2.45, 2.75) is 23.6 Å². The number of aliphatic hydroxyl groups is 1. The summed E-state index contributed by atoms with van der Waals surface area (Å²) in [5, 5.41) is 12.3. The monoisotopic (exact) mass is 465 g/mol. The van der Waals surface area contributed by atoms with Gasteiger partial charge in [-0.25, -0.2) is 0 Å². The Morgan fingerprint density at radius 1 is 1.03 bits per heavy atom. The number of alkyl halides is 3. The normalized spacial score (nSPS) is 16.7. The van der Waals surface area contributed by atoms with Crippen molar-refractivity contribution in [3.8, 4) is 5.75 Å². The predicted molar refractivity (Wildman–Crippen MR) is 94.0 cm³/mol. The standard InChI is InChI=1S/C17H15F8NO3S/c1-16(28,15(27)26-12-7-5-11(6-8-12)17(18,19)20)10-29-13-3-2-4-14(9-13)30(21,22,23,24)25/h2-9,28H,10H2,1H3,(H,26,27). The molecule has 1 atom stereocenters. The quantitative estimate of drug-likeness (QED) is 0.505. The van der Waals surface area contributed by atoms with E-state index in [4.69, 9.17) is 4.74 Å². The Bertz CT molecular complexity index is 941. The number of benzene rings is 2. The Labute approximate surface area is 165 Å². The molecule has 0 fully saturated rings. The summed E-state index contributed by atoms with van der Waals surface area (Å²) in [5.74, 6) is -1.82. The van der Waals surface area contributed by atoms with Gasteiger partial charge in [-0.05, 0) is 43.3 Å². The topological polar surface area (TPSA) is 58.6 Å². The molecular weight excluding hydrogens is 450 g/mol. The number of ether oxygens (including phenoxy) is 1. The molecule has 0 radical (unpaired) electrons. The molecule has 0 saturated carbocycles. The summed E-state index contributed by atoms with van der Waals surface area (Å²) < 4.78 is 107. The van der Waals surface area contributed by atoms with E-state index in [0.29, 0.717) is 18.2 Å². The molecule has 0 spiro atoms. The van der Waals surface area contributed by atoms with Gasteiger partial charge in [-0.15, -0.1) is 0 Å². The fourth-order valence-corrected chi connectivity index (χ4v) is 2.78. The largest absolute Gasteiger partial charge is 0.490 e. The van der Waals surface area contributed by atoms with E-state index in [1.807, 2.05) is 0 Å². The molecule has 2 aromatic carbocycles. The molecule has 0 aliphatic heterocycles. The van der Waals surface area contributed by atoms with Gasteiger partial charge in [0.25, 0.3) is 5.91 Å². The molecule has 4 nitrogen and oxygen atoms in total. The fraction of sp³-hybridized carbons (Fsp3) is 0.235. The van der Waals surface area contributed by atoms with Crippen LogP contribution in [0, 0.1) is 0 Å². The average Bonchev–Trinajstić information content (AvgIpc) is 2.58. The third kappa shape index (κ3) is 6.23. The minimum absolute atomic E-state index is 0.0331. The molecule has 0 aliphatic rings. The predicted octanol–water partition coefficient (Wildman–Crippen LogP) is 6.13. The van der Waals surface area contributed by atoms with E-state index in [1.165, 1.54) is 0 Å². The van der Waals surface area contributed by atoms with Crippen molar-refractivity contribution < 1.29 is 47.2 Å². The zero-order valence-electron chi connectivity index (χ0n) is 15.0. The maximum Gasteiger partial charge on any atom is 0.416 e. The van der Waals surface area contributed by atoms with Gasteiger partial charge >= 0.3 is 16.4 Å². The van der Waals surface area contributed by atoms with Crippen LogP contribution in [0.1, 0.15) is 12.5 Å². The van der Waals surface area contributed by atoms with Crippen molar-refractivity contribution in [2.24, 2.45) is 0 Å². The smallest absolute Gasteiger partial charge is 0.416 e. The Morgan fingerprint density at radius 3 is 2.10 bits per heavy atom. The fourth-order valence-electron chi connectivity index (χ4n) is 2.10. The zero-order chi connectivity index (χ0) is 23.1. The second-order valence-electron chi connectivity index (χ2n) is 6.54. The molecule has 0 aromatic heterocycles. The third-order valence-electron chi connectivity index (χ3n) is 3.73. The number of rotatable bonds is 6. The van der Waals surface area contributed by atoms with E-state index in [0.717, 1.165) is 25.1 Å². The summed E-state index contributed by atoms with van der Waals surface area (Å²) >= 11 is 0. The van der Waals surface area contributed by atoms with Gasteiger partial charge in [-0.1, -0.05) is 25.5 Å². The highest BCUT2D eigenvalue weighted by Crippen LogP contribution is 3.02. The lowest BCUT2D eigenvalue weighted by atomic mass is 10.1. The number of hydrogen-bond acceptors (Lipinski definition) is 3. The first-order valence-electron chi connectivity index (χ1n) is 7.96. The molecule has 1 amide bonds. The second-order valence-corrected chi connectivity index (χ2v) is 8.94. The number of amides is 1. The van der Waals surface area contributed by atoms with Crippen LogP contribution in [0.4, 0.5) is 38.3 Å². The van der Waals surface area contributed by atoms with Crippen molar-refractivity contribution >= 4 is 21.8 Å². The Balaban J connectivity index is 2.08. The highest BCUT2D eigenvalue weighted by Gasteiger charge is 2.65. The summed E-state index contributed by atoms with van der Waals surface area (Å²) in [6, 6.07) is 5.00. The summed E-state index contributed by atoms with van der Waals surface area (Å²) in [6.45, 7) is -0.00993. The zero-order valence-corrected chi connectivity index (χ0v) is 15.8. The number of halogens is 8. The van der Waals surface area contributed by atoms with E-state index in [2.05, 4.69) is 5.32 Å². The lowest BCUT2D eigenvalue weighted by molar-refractivity contribution is -0.137. The minimum atomic E-state index is -9.94. The highest BCUT2D eigenvalue weighted by molar-refractivity contribution is 8.45. The van der Waals surface area contributed by atoms with Crippen molar-refractivity contribution in [1.29, 1.82) is 0 Å². The van der Waals surface area contributed by atoms with Crippen LogP contribution >= 0.6 is 10.2 Å². The van der Waals surface area contributed by atoms with E-state index in [9.17, 15) is 42.5 Å². The van der Waals surface area contributed by atoms with Crippen LogP contribution in [0.3, 0.4) is 0 Å². The molecular formula is C17H15F8NO3S. The van der Waals surface area contributed by atoms with Crippen LogP contribution in [0.5, 0.6) is 5.75 Å². The number of carbonyl (C=O) groups excluding carboxylic acids is 1. The van der Waals surface area contributed by atoms with Gasteiger partial charge in [0.2, 0.25) is 0 Å². The van der Waals surface area contributed by atoms with Gasteiger partial charge in [0.05, 0.1) is 5.56 Å². The molecule has 2 rings (SSSR count). The summed E-state index contributed by atoms with van der Waals surface area (Å²) in [6.07, 6.45) is -4.59. The van der Waals surface area contributed by atoms with Gasteiger partial charge in [0, 0.05) is 11.8 Å².